The number of rotatable bonds is 3. The molecular formula is C12H20O3. The molecule has 0 spiro atoms. The van der Waals surface area contributed by atoms with Crippen LogP contribution in [0.2, 0.25) is 0 Å². The van der Waals surface area contributed by atoms with Crippen LogP contribution in [0.3, 0.4) is 0 Å². The first kappa shape index (κ1) is 12.2. The maximum absolute atomic E-state index is 10.8. The monoisotopic (exact) mass is 212 g/mol. The highest BCUT2D eigenvalue weighted by Crippen LogP contribution is 2.34. The van der Waals surface area contributed by atoms with Crippen LogP contribution in [0.4, 0.5) is 0 Å². The first-order valence-corrected chi connectivity index (χ1v) is 5.51. The SMILES string of the molecule is CC(C)C1C=CC(O)(C(C)C(=O)O)CC1. The zero-order chi connectivity index (χ0) is 11.6. The fourth-order valence-electron chi connectivity index (χ4n) is 2.00. The Balaban J connectivity index is 2.75. The van der Waals surface area contributed by atoms with Crippen LogP contribution in [0.25, 0.3) is 0 Å². The lowest BCUT2D eigenvalue weighted by atomic mass is 9.75. The third-order valence-electron chi connectivity index (χ3n) is 3.49. The molecule has 3 heteroatoms. The molecule has 0 saturated heterocycles. The van der Waals surface area contributed by atoms with Crippen molar-refractivity contribution in [1.82, 2.24) is 0 Å². The summed E-state index contributed by atoms with van der Waals surface area (Å²) in [6.07, 6.45) is 5.05. The predicted octanol–water partition coefficient (Wildman–Crippen LogP) is 2.06. The van der Waals surface area contributed by atoms with Crippen LogP contribution < -0.4 is 0 Å². The van der Waals surface area contributed by atoms with Gasteiger partial charge in [0.15, 0.2) is 0 Å². The standard InChI is InChI=1S/C12H20O3/c1-8(2)10-4-6-12(15,7-5-10)9(3)11(13)14/h4,6,8-10,15H,5,7H2,1-3H3,(H,13,14). The molecule has 0 heterocycles. The van der Waals surface area contributed by atoms with Crippen molar-refractivity contribution in [2.45, 2.75) is 39.2 Å². The summed E-state index contributed by atoms with van der Waals surface area (Å²) in [4.78, 5) is 10.8. The first-order valence-electron chi connectivity index (χ1n) is 5.51. The van der Waals surface area contributed by atoms with Gasteiger partial charge < -0.3 is 10.2 Å². The third-order valence-corrected chi connectivity index (χ3v) is 3.49. The number of hydrogen-bond donors (Lipinski definition) is 2. The molecule has 3 nitrogen and oxygen atoms in total. The van der Waals surface area contributed by atoms with Crippen molar-refractivity contribution in [3.63, 3.8) is 0 Å². The van der Waals surface area contributed by atoms with Crippen LogP contribution in [0.15, 0.2) is 12.2 Å². The second-order valence-corrected chi connectivity index (χ2v) is 4.86. The Morgan fingerprint density at radius 3 is 2.40 bits per heavy atom. The molecule has 0 radical (unpaired) electrons. The first-order chi connectivity index (χ1) is 6.87. The summed E-state index contributed by atoms with van der Waals surface area (Å²) in [5.41, 5.74) is -1.16. The van der Waals surface area contributed by atoms with E-state index in [-0.39, 0.29) is 0 Å². The van der Waals surface area contributed by atoms with Crippen LogP contribution in [0.5, 0.6) is 0 Å². The van der Waals surface area contributed by atoms with Gasteiger partial charge in [-0.15, -0.1) is 0 Å². The van der Waals surface area contributed by atoms with E-state index in [0.29, 0.717) is 18.3 Å². The fraction of sp³-hybridized carbons (Fsp3) is 0.750. The van der Waals surface area contributed by atoms with Gasteiger partial charge in [0.25, 0.3) is 0 Å². The van der Waals surface area contributed by atoms with E-state index >= 15 is 0 Å². The minimum Gasteiger partial charge on any atom is -0.481 e. The number of allylic oxidation sites excluding steroid dienone is 1. The molecule has 0 bridgehead atoms. The Labute approximate surface area is 90.8 Å². The molecule has 0 fully saturated rings. The number of carboxylic acid groups (broad SMARTS) is 1. The summed E-state index contributed by atoms with van der Waals surface area (Å²) in [6, 6.07) is 0. The van der Waals surface area contributed by atoms with Crippen molar-refractivity contribution < 1.29 is 15.0 Å². The Morgan fingerprint density at radius 1 is 1.47 bits per heavy atom. The summed E-state index contributed by atoms with van der Waals surface area (Å²) in [6.45, 7) is 5.84. The summed E-state index contributed by atoms with van der Waals surface area (Å²) < 4.78 is 0. The molecule has 1 aliphatic carbocycles. The Hall–Kier alpha value is -0.830. The summed E-state index contributed by atoms with van der Waals surface area (Å²) in [5.74, 6) is -0.663. The van der Waals surface area contributed by atoms with E-state index in [2.05, 4.69) is 13.8 Å². The average molecular weight is 212 g/mol. The van der Waals surface area contributed by atoms with Crippen LogP contribution in [-0.4, -0.2) is 21.8 Å². The molecule has 3 atom stereocenters. The van der Waals surface area contributed by atoms with Crippen LogP contribution in [0.1, 0.15) is 33.6 Å². The highest BCUT2D eigenvalue weighted by Gasteiger charge is 2.38. The summed E-state index contributed by atoms with van der Waals surface area (Å²) in [7, 11) is 0. The molecule has 0 aromatic heterocycles. The third kappa shape index (κ3) is 2.59. The van der Waals surface area contributed by atoms with Crippen molar-refractivity contribution in [1.29, 1.82) is 0 Å². The van der Waals surface area contributed by atoms with Crippen LogP contribution in [0, 0.1) is 17.8 Å². The number of aliphatic carboxylic acids is 1. The number of aliphatic hydroxyl groups is 1. The molecule has 0 aromatic rings. The molecule has 0 aromatic carbocycles. The van der Waals surface area contributed by atoms with Crippen molar-refractivity contribution in [3.8, 4) is 0 Å². The Morgan fingerprint density at radius 2 is 2.07 bits per heavy atom. The molecule has 1 rings (SSSR count). The molecular weight excluding hydrogens is 192 g/mol. The van der Waals surface area contributed by atoms with Crippen molar-refractivity contribution >= 4 is 5.97 Å². The normalized spacial score (nSPS) is 33.0. The summed E-state index contributed by atoms with van der Waals surface area (Å²) in [5, 5.41) is 19.0. The van der Waals surface area contributed by atoms with E-state index in [1.54, 1.807) is 13.0 Å². The molecule has 0 amide bonds. The van der Waals surface area contributed by atoms with Gasteiger partial charge in [-0.2, -0.15) is 0 Å². The van der Waals surface area contributed by atoms with Crippen LogP contribution >= 0.6 is 0 Å². The molecule has 0 saturated carbocycles. The maximum atomic E-state index is 10.8. The van der Waals surface area contributed by atoms with Crippen LogP contribution in [-0.2, 0) is 4.79 Å². The highest BCUT2D eigenvalue weighted by atomic mass is 16.4. The van der Waals surface area contributed by atoms with E-state index in [0.717, 1.165) is 6.42 Å². The van der Waals surface area contributed by atoms with Gasteiger partial charge in [0.05, 0.1) is 11.5 Å². The second kappa shape index (κ2) is 4.35. The molecule has 15 heavy (non-hydrogen) atoms. The van der Waals surface area contributed by atoms with Crippen molar-refractivity contribution in [2.24, 2.45) is 17.8 Å². The molecule has 86 valence electrons. The minimum atomic E-state index is -1.16. The topological polar surface area (TPSA) is 57.5 Å². The fourth-order valence-corrected chi connectivity index (χ4v) is 2.00. The van der Waals surface area contributed by atoms with Gasteiger partial charge in [-0.3, -0.25) is 4.79 Å². The van der Waals surface area contributed by atoms with Crippen molar-refractivity contribution in [2.75, 3.05) is 0 Å². The zero-order valence-electron chi connectivity index (χ0n) is 9.60. The highest BCUT2D eigenvalue weighted by molar-refractivity contribution is 5.71. The minimum absolute atomic E-state index is 0.464. The lowest BCUT2D eigenvalue weighted by molar-refractivity contribution is -0.148. The number of carboxylic acids is 1. The lowest BCUT2D eigenvalue weighted by Crippen LogP contribution is -2.41. The molecule has 1 aliphatic rings. The quantitative estimate of drug-likeness (QED) is 0.704. The van der Waals surface area contributed by atoms with E-state index in [1.807, 2.05) is 6.08 Å². The van der Waals surface area contributed by atoms with Gasteiger partial charge in [0, 0.05) is 0 Å². The average Bonchev–Trinajstić information content (AvgIpc) is 2.17. The van der Waals surface area contributed by atoms with E-state index in [1.165, 1.54) is 0 Å². The lowest BCUT2D eigenvalue weighted by Gasteiger charge is -2.35. The molecule has 2 N–H and O–H groups in total. The zero-order valence-corrected chi connectivity index (χ0v) is 9.60. The number of carbonyl (C=O) groups is 1. The van der Waals surface area contributed by atoms with Gasteiger partial charge in [-0.05, 0) is 31.6 Å². The van der Waals surface area contributed by atoms with E-state index in [4.69, 9.17) is 5.11 Å². The van der Waals surface area contributed by atoms with Gasteiger partial charge in [0.2, 0.25) is 0 Å². The Bertz CT molecular complexity index is 270. The Kier molecular flexibility index (Phi) is 3.55. The van der Waals surface area contributed by atoms with Gasteiger partial charge in [0.1, 0.15) is 0 Å². The largest absolute Gasteiger partial charge is 0.481 e. The van der Waals surface area contributed by atoms with Gasteiger partial charge in [-0.1, -0.05) is 26.0 Å². The molecule has 3 unspecified atom stereocenters. The van der Waals surface area contributed by atoms with Gasteiger partial charge >= 0.3 is 5.97 Å². The second-order valence-electron chi connectivity index (χ2n) is 4.86. The van der Waals surface area contributed by atoms with Gasteiger partial charge in [-0.25, -0.2) is 0 Å². The smallest absolute Gasteiger partial charge is 0.309 e. The van der Waals surface area contributed by atoms with Crippen molar-refractivity contribution in [3.05, 3.63) is 12.2 Å². The van der Waals surface area contributed by atoms with E-state index in [9.17, 15) is 9.90 Å². The predicted molar refractivity (Wildman–Crippen MR) is 58.5 cm³/mol. The number of hydrogen-bond acceptors (Lipinski definition) is 2. The molecule has 0 aliphatic heterocycles. The van der Waals surface area contributed by atoms with E-state index < -0.39 is 17.5 Å². The summed E-state index contributed by atoms with van der Waals surface area (Å²) >= 11 is 0. The maximum Gasteiger partial charge on any atom is 0.309 e.